The summed E-state index contributed by atoms with van der Waals surface area (Å²) in [5, 5.41) is 6.71. The molecule has 0 unspecified atom stereocenters. The summed E-state index contributed by atoms with van der Waals surface area (Å²) in [7, 11) is 0. The van der Waals surface area contributed by atoms with E-state index in [-0.39, 0.29) is 11.8 Å². The molecule has 18 heavy (non-hydrogen) atoms. The van der Waals surface area contributed by atoms with Gasteiger partial charge in [0.1, 0.15) is 18.2 Å². The van der Waals surface area contributed by atoms with Gasteiger partial charge in [-0.3, -0.25) is 14.3 Å². The van der Waals surface area contributed by atoms with Crippen LogP contribution in [0.3, 0.4) is 0 Å². The first-order valence-corrected chi connectivity index (χ1v) is 5.93. The molecule has 7 heteroatoms. The average Bonchev–Trinajstić information content (AvgIpc) is 2.82. The van der Waals surface area contributed by atoms with E-state index in [0.29, 0.717) is 26.1 Å². The first-order chi connectivity index (χ1) is 8.51. The van der Waals surface area contributed by atoms with Crippen LogP contribution in [0.4, 0.5) is 0 Å². The SMILES string of the molecule is CC1(C)C(=O)NCCN1C(=O)CCn1cncn1. The second kappa shape index (κ2) is 4.75. The third-order valence-corrected chi connectivity index (χ3v) is 3.17. The van der Waals surface area contributed by atoms with E-state index in [1.54, 1.807) is 29.8 Å². The predicted molar refractivity (Wildman–Crippen MR) is 63.4 cm³/mol. The molecule has 2 heterocycles. The first kappa shape index (κ1) is 12.5. The van der Waals surface area contributed by atoms with Crippen LogP contribution < -0.4 is 5.32 Å². The second-order valence-corrected chi connectivity index (χ2v) is 4.77. The van der Waals surface area contributed by atoms with Crippen LogP contribution in [-0.2, 0) is 16.1 Å². The smallest absolute Gasteiger partial charge is 0.245 e. The highest BCUT2D eigenvalue weighted by atomic mass is 16.2. The molecule has 0 saturated carbocycles. The van der Waals surface area contributed by atoms with Gasteiger partial charge in [0, 0.05) is 19.5 Å². The van der Waals surface area contributed by atoms with Crippen molar-refractivity contribution < 1.29 is 9.59 Å². The van der Waals surface area contributed by atoms with E-state index in [9.17, 15) is 9.59 Å². The van der Waals surface area contributed by atoms with Crippen molar-refractivity contribution in [3.8, 4) is 0 Å². The van der Waals surface area contributed by atoms with Crippen LogP contribution in [-0.4, -0.2) is 50.1 Å². The topological polar surface area (TPSA) is 80.1 Å². The van der Waals surface area contributed by atoms with Gasteiger partial charge in [0.2, 0.25) is 11.8 Å². The lowest BCUT2D eigenvalue weighted by Crippen LogP contribution is -2.63. The summed E-state index contributed by atoms with van der Waals surface area (Å²) in [6, 6.07) is 0. The van der Waals surface area contributed by atoms with Crippen LogP contribution in [0, 0.1) is 0 Å². The zero-order chi connectivity index (χ0) is 13.2. The normalized spacial score (nSPS) is 18.6. The Hall–Kier alpha value is -1.92. The lowest BCUT2D eigenvalue weighted by molar-refractivity contribution is -0.149. The summed E-state index contributed by atoms with van der Waals surface area (Å²) in [5.74, 6) is -0.145. The van der Waals surface area contributed by atoms with Gasteiger partial charge in [0.05, 0.1) is 6.54 Å². The van der Waals surface area contributed by atoms with Crippen molar-refractivity contribution in [1.82, 2.24) is 25.0 Å². The molecule has 98 valence electrons. The van der Waals surface area contributed by atoms with Crippen LogP contribution >= 0.6 is 0 Å². The first-order valence-electron chi connectivity index (χ1n) is 5.93. The zero-order valence-electron chi connectivity index (χ0n) is 10.6. The molecule has 0 bridgehead atoms. The number of nitrogens with one attached hydrogen (secondary N) is 1. The molecule has 1 saturated heterocycles. The van der Waals surface area contributed by atoms with E-state index in [2.05, 4.69) is 15.4 Å². The molecule has 1 aromatic rings. The molecule has 1 aliphatic heterocycles. The molecule has 1 fully saturated rings. The van der Waals surface area contributed by atoms with Crippen molar-refractivity contribution in [3.63, 3.8) is 0 Å². The van der Waals surface area contributed by atoms with Gasteiger partial charge < -0.3 is 10.2 Å². The van der Waals surface area contributed by atoms with Crippen LogP contribution in [0.5, 0.6) is 0 Å². The number of hydrogen-bond acceptors (Lipinski definition) is 4. The molecule has 2 amide bonds. The maximum absolute atomic E-state index is 12.1. The van der Waals surface area contributed by atoms with E-state index in [1.165, 1.54) is 6.33 Å². The van der Waals surface area contributed by atoms with Crippen LogP contribution in [0.1, 0.15) is 20.3 Å². The minimum absolute atomic E-state index is 0.0367. The van der Waals surface area contributed by atoms with E-state index in [4.69, 9.17) is 0 Å². The van der Waals surface area contributed by atoms with E-state index in [1.807, 2.05) is 0 Å². The van der Waals surface area contributed by atoms with Gasteiger partial charge in [0.15, 0.2) is 0 Å². The summed E-state index contributed by atoms with van der Waals surface area (Å²) in [5.41, 5.74) is -0.780. The molecule has 1 aliphatic rings. The van der Waals surface area contributed by atoms with Crippen molar-refractivity contribution in [2.75, 3.05) is 13.1 Å². The van der Waals surface area contributed by atoms with E-state index in [0.717, 1.165) is 0 Å². The molecule has 0 aliphatic carbocycles. The molecule has 0 spiro atoms. The molecule has 1 aromatic heterocycles. The van der Waals surface area contributed by atoms with Crippen molar-refractivity contribution in [2.24, 2.45) is 0 Å². The van der Waals surface area contributed by atoms with E-state index >= 15 is 0 Å². The van der Waals surface area contributed by atoms with Crippen molar-refractivity contribution in [1.29, 1.82) is 0 Å². The summed E-state index contributed by atoms with van der Waals surface area (Å²) >= 11 is 0. The molecular weight excluding hydrogens is 234 g/mol. The molecule has 1 N–H and O–H groups in total. The fourth-order valence-electron chi connectivity index (χ4n) is 2.03. The zero-order valence-corrected chi connectivity index (χ0v) is 10.6. The number of carbonyl (C=O) groups is 2. The third-order valence-electron chi connectivity index (χ3n) is 3.17. The highest BCUT2D eigenvalue weighted by Crippen LogP contribution is 2.18. The molecule has 0 aromatic carbocycles. The van der Waals surface area contributed by atoms with Gasteiger partial charge in [-0.15, -0.1) is 0 Å². The number of aromatic nitrogens is 3. The Labute approximate surface area is 105 Å². The van der Waals surface area contributed by atoms with Gasteiger partial charge in [-0.2, -0.15) is 5.10 Å². The Balaban J connectivity index is 1.97. The van der Waals surface area contributed by atoms with Gasteiger partial charge in [-0.25, -0.2) is 4.98 Å². The lowest BCUT2D eigenvalue weighted by Gasteiger charge is -2.41. The molecular formula is C11H17N5O2. The van der Waals surface area contributed by atoms with Gasteiger partial charge >= 0.3 is 0 Å². The fourth-order valence-corrected chi connectivity index (χ4v) is 2.03. The number of hydrogen-bond donors (Lipinski definition) is 1. The molecule has 7 nitrogen and oxygen atoms in total. The number of aryl methyl sites for hydroxylation is 1. The monoisotopic (exact) mass is 251 g/mol. The standard InChI is InChI=1S/C11H17N5O2/c1-11(2)10(18)13-4-6-16(11)9(17)3-5-15-8-12-7-14-15/h7-8H,3-6H2,1-2H3,(H,13,18). The highest BCUT2D eigenvalue weighted by molar-refractivity contribution is 5.91. The van der Waals surface area contributed by atoms with Crippen LogP contribution in [0.15, 0.2) is 12.7 Å². The Morgan fingerprint density at radius 3 is 3.00 bits per heavy atom. The fraction of sp³-hybridized carbons (Fsp3) is 0.636. The summed E-state index contributed by atoms with van der Waals surface area (Å²) in [6.07, 6.45) is 3.32. The number of carbonyl (C=O) groups excluding carboxylic acids is 2. The Morgan fingerprint density at radius 1 is 1.56 bits per heavy atom. The summed E-state index contributed by atoms with van der Waals surface area (Å²) in [6.45, 7) is 5.06. The Morgan fingerprint density at radius 2 is 2.33 bits per heavy atom. The van der Waals surface area contributed by atoms with Crippen molar-refractivity contribution in [3.05, 3.63) is 12.7 Å². The number of amides is 2. The molecule has 0 atom stereocenters. The molecule has 2 rings (SSSR count). The van der Waals surface area contributed by atoms with Crippen LogP contribution in [0.25, 0.3) is 0 Å². The number of nitrogens with zero attached hydrogens (tertiary/aromatic N) is 4. The Kier molecular flexibility index (Phi) is 3.31. The molecule has 0 radical (unpaired) electrons. The summed E-state index contributed by atoms with van der Waals surface area (Å²) in [4.78, 5) is 29.3. The second-order valence-electron chi connectivity index (χ2n) is 4.77. The van der Waals surface area contributed by atoms with Gasteiger partial charge in [-0.1, -0.05) is 0 Å². The van der Waals surface area contributed by atoms with E-state index < -0.39 is 5.54 Å². The van der Waals surface area contributed by atoms with Crippen molar-refractivity contribution in [2.45, 2.75) is 32.4 Å². The van der Waals surface area contributed by atoms with Gasteiger partial charge in [-0.05, 0) is 13.8 Å². The maximum atomic E-state index is 12.1. The predicted octanol–water partition coefficient (Wildman–Crippen LogP) is -0.595. The quantitative estimate of drug-likeness (QED) is 0.778. The largest absolute Gasteiger partial charge is 0.352 e. The third kappa shape index (κ3) is 2.34. The van der Waals surface area contributed by atoms with Gasteiger partial charge in [0.25, 0.3) is 0 Å². The highest BCUT2D eigenvalue weighted by Gasteiger charge is 2.39. The summed E-state index contributed by atoms with van der Waals surface area (Å²) < 4.78 is 1.61. The number of piperazine rings is 1. The maximum Gasteiger partial charge on any atom is 0.245 e. The minimum Gasteiger partial charge on any atom is -0.352 e. The average molecular weight is 251 g/mol. The van der Waals surface area contributed by atoms with Crippen LogP contribution in [0.2, 0.25) is 0 Å². The Bertz CT molecular complexity index is 440. The minimum atomic E-state index is -0.780. The van der Waals surface area contributed by atoms with Crippen molar-refractivity contribution >= 4 is 11.8 Å². The lowest BCUT2D eigenvalue weighted by atomic mass is 9.98. The number of rotatable bonds is 3.